The minimum atomic E-state index is -0.234. The van der Waals surface area contributed by atoms with Crippen LogP contribution in [0, 0.1) is 0 Å². The molecule has 1 aromatic carbocycles. The second-order valence-electron chi connectivity index (χ2n) is 3.33. The van der Waals surface area contributed by atoms with Crippen LogP contribution in [0.3, 0.4) is 0 Å². The number of anilines is 2. The van der Waals surface area contributed by atoms with Crippen LogP contribution in [0.4, 0.5) is 11.4 Å². The summed E-state index contributed by atoms with van der Waals surface area (Å²) in [6, 6.07) is 4.92. The highest BCUT2D eigenvalue weighted by Crippen LogP contribution is 2.22. The van der Waals surface area contributed by atoms with E-state index in [1.807, 2.05) is 6.92 Å². The molecule has 0 aliphatic heterocycles. The second kappa shape index (κ2) is 6.35. The lowest BCUT2D eigenvalue weighted by Crippen LogP contribution is -2.19. The van der Waals surface area contributed by atoms with Crippen LogP contribution in [0.1, 0.15) is 13.3 Å². The largest absolute Gasteiger partial charge is 0.397 e. The van der Waals surface area contributed by atoms with Crippen LogP contribution in [0.2, 0.25) is 5.02 Å². The molecule has 0 atom stereocenters. The highest BCUT2D eigenvalue weighted by molar-refractivity contribution is 6.31. The van der Waals surface area contributed by atoms with E-state index in [0.717, 1.165) is 6.42 Å². The molecule has 0 heterocycles. The van der Waals surface area contributed by atoms with Crippen molar-refractivity contribution >= 4 is 28.9 Å². The summed E-state index contributed by atoms with van der Waals surface area (Å²) in [6.45, 7) is 2.57. The van der Waals surface area contributed by atoms with Crippen LogP contribution in [-0.4, -0.2) is 19.1 Å². The van der Waals surface area contributed by atoms with Gasteiger partial charge < -0.3 is 15.8 Å². The summed E-state index contributed by atoms with van der Waals surface area (Å²) in [4.78, 5) is 11.4. The minimum absolute atomic E-state index is 0.0276. The van der Waals surface area contributed by atoms with Gasteiger partial charge in [0, 0.05) is 11.6 Å². The summed E-state index contributed by atoms with van der Waals surface area (Å²) < 4.78 is 5.10. The van der Waals surface area contributed by atoms with Gasteiger partial charge in [0.15, 0.2) is 0 Å². The van der Waals surface area contributed by atoms with E-state index in [9.17, 15) is 4.79 Å². The average molecular weight is 243 g/mol. The van der Waals surface area contributed by atoms with Gasteiger partial charge in [-0.3, -0.25) is 4.79 Å². The third-order valence-electron chi connectivity index (χ3n) is 1.87. The van der Waals surface area contributed by atoms with Gasteiger partial charge in [0.05, 0.1) is 11.4 Å². The molecule has 5 heteroatoms. The Kier molecular flexibility index (Phi) is 5.08. The van der Waals surface area contributed by atoms with Gasteiger partial charge in [0.2, 0.25) is 5.91 Å². The van der Waals surface area contributed by atoms with Crippen molar-refractivity contribution < 1.29 is 9.53 Å². The van der Waals surface area contributed by atoms with Crippen LogP contribution in [0.25, 0.3) is 0 Å². The quantitative estimate of drug-likeness (QED) is 0.615. The molecule has 0 aromatic heterocycles. The Morgan fingerprint density at radius 1 is 1.56 bits per heavy atom. The van der Waals surface area contributed by atoms with Crippen LogP contribution in [0.5, 0.6) is 0 Å². The third-order valence-corrected chi connectivity index (χ3v) is 2.11. The molecule has 0 unspecified atom stereocenters. The lowest BCUT2D eigenvalue weighted by Gasteiger charge is -2.08. The van der Waals surface area contributed by atoms with Crippen molar-refractivity contribution in [2.75, 3.05) is 24.3 Å². The Hall–Kier alpha value is -1.26. The lowest BCUT2D eigenvalue weighted by atomic mass is 10.2. The minimum Gasteiger partial charge on any atom is -0.397 e. The molecular weight excluding hydrogens is 228 g/mol. The Balaban J connectivity index is 2.52. The molecule has 0 saturated carbocycles. The molecule has 0 aliphatic carbocycles. The Morgan fingerprint density at radius 2 is 2.31 bits per heavy atom. The normalized spacial score (nSPS) is 10.1. The fourth-order valence-corrected chi connectivity index (χ4v) is 1.30. The van der Waals surface area contributed by atoms with Crippen LogP contribution < -0.4 is 11.1 Å². The van der Waals surface area contributed by atoms with Gasteiger partial charge in [-0.1, -0.05) is 18.5 Å². The first-order valence-electron chi connectivity index (χ1n) is 5.06. The van der Waals surface area contributed by atoms with E-state index < -0.39 is 0 Å². The number of hydrogen-bond donors (Lipinski definition) is 2. The van der Waals surface area contributed by atoms with E-state index in [2.05, 4.69) is 5.32 Å². The predicted octanol–water partition coefficient (Wildman–Crippen LogP) is 2.29. The lowest BCUT2D eigenvalue weighted by molar-refractivity contribution is -0.120. The third kappa shape index (κ3) is 4.08. The molecule has 0 radical (unpaired) electrons. The number of ether oxygens (including phenoxy) is 1. The van der Waals surface area contributed by atoms with Crippen molar-refractivity contribution in [1.29, 1.82) is 0 Å². The molecule has 3 N–H and O–H groups in total. The Labute approximate surface area is 99.7 Å². The number of carbonyl (C=O) groups excluding carboxylic acids is 1. The molecule has 88 valence electrons. The highest BCUT2D eigenvalue weighted by Gasteiger charge is 2.05. The molecule has 1 aromatic rings. The van der Waals surface area contributed by atoms with Crippen molar-refractivity contribution in [3.8, 4) is 0 Å². The number of amides is 1. The van der Waals surface area contributed by atoms with Crippen molar-refractivity contribution in [2.45, 2.75) is 13.3 Å². The van der Waals surface area contributed by atoms with Crippen LogP contribution in [-0.2, 0) is 9.53 Å². The monoisotopic (exact) mass is 242 g/mol. The van der Waals surface area contributed by atoms with Gasteiger partial charge in [-0.05, 0) is 24.6 Å². The van der Waals surface area contributed by atoms with E-state index in [1.165, 1.54) is 0 Å². The fourth-order valence-electron chi connectivity index (χ4n) is 1.13. The summed E-state index contributed by atoms with van der Waals surface area (Å²) in [7, 11) is 0. The number of rotatable bonds is 5. The van der Waals surface area contributed by atoms with Gasteiger partial charge in [-0.25, -0.2) is 0 Å². The summed E-state index contributed by atoms with van der Waals surface area (Å²) >= 11 is 5.79. The number of carbonyl (C=O) groups is 1. The summed E-state index contributed by atoms with van der Waals surface area (Å²) in [5.41, 5.74) is 6.67. The van der Waals surface area contributed by atoms with Crippen LogP contribution in [0.15, 0.2) is 18.2 Å². The highest BCUT2D eigenvalue weighted by atomic mass is 35.5. The fraction of sp³-hybridized carbons (Fsp3) is 0.364. The first-order chi connectivity index (χ1) is 7.63. The maximum Gasteiger partial charge on any atom is 0.250 e. The molecule has 1 amide bonds. The number of halogens is 1. The molecule has 0 saturated heterocycles. The maximum absolute atomic E-state index is 11.4. The van der Waals surface area contributed by atoms with E-state index in [0.29, 0.717) is 23.0 Å². The van der Waals surface area contributed by atoms with Gasteiger partial charge in [-0.2, -0.15) is 0 Å². The molecule has 0 spiro atoms. The molecule has 0 bridgehead atoms. The van der Waals surface area contributed by atoms with E-state index in [1.54, 1.807) is 18.2 Å². The Bertz CT molecular complexity index is 369. The first-order valence-corrected chi connectivity index (χ1v) is 5.44. The number of benzene rings is 1. The first kappa shape index (κ1) is 12.8. The number of nitrogens with one attached hydrogen (secondary N) is 1. The molecule has 0 fully saturated rings. The van der Waals surface area contributed by atoms with E-state index in [-0.39, 0.29) is 12.5 Å². The zero-order chi connectivity index (χ0) is 12.0. The SMILES string of the molecule is CCCOCC(=O)Nc1cc(Cl)ccc1N. The smallest absolute Gasteiger partial charge is 0.250 e. The number of nitrogens with two attached hydrogens (primary N) is 1. The molecule has 0 aliphatic rings. The van der Waals surface area contributed by atoms with Gasteiger partial charge in [0.25, 0.3) is 0 Å². The van der Waals surface area contributed by atoms with Gasteiger partial charge in [-0.15, -0.1) is 0 Å². The summed E-state index contributed by atoms with van der Waals surface area (Å²) in [5, 5.41) is 3.16. The molecule has 4 nitrogen and oxygen atoms in total. The van der Waals surface area contributed by atoms with Gasteiger partial charge in [0.1, 0.15) is 6.61 Å². The van der Waals surface area contributed by atoms with Gasteiger partial charge >= 0.3 is 0 Å². The Morgan fingerprint density at radius 3 is 3.00 bits per heavy atom. The topological polar surface area (TPSA) is 64.3 Å². The summed E-state index contributed by atoms with van der Waals surface area (Å²) in [5.74, 6) is -0.234. The second-order valence-corrected chi connectivity index (χ2v) is 3.77. The van der Waals surface area contributed by atoms with Crippen molar-refractivity contribution in [3.63, 3.8) is 0 Å². The standard InChI is InChI=1S/C11H15ClN2O2/c1-2-5-16-7-11(15)14-10-6-8(12)3-4-9(10)13/h3-4,6H,2,5,7,13H2,1H3,(H,14,15). The van der Waals surface area contributed by atoms with Crippen molar-refractivity contribution in [2.24, 2.45) is 0 Å². The van der Waals surface area contributed by atoms with Crippen LogP contribution >= 0.6 is 11.6 Å². The number of nitrogen functional groups attached to an aromatic ring is 1. The zero-order valence-electron chi connectivity index (χ0n) is 9.13. The number of hydrogen-bond acceptors (Lipinski definition) is 3. The van der Waals surface area contributed by atoms with Crippen molar-refractivity contribution in [3.05, 3.63) is 23.2 Å². The van der Waals surface area contributed by atoms with E-state index >= 15 is 0 Å². The molecule has 1 rings (SSSR count). The van der Waals surface area contributed by atoms with Crippen molar-refractivity contribution in [1.82, 2.24) is 0 Å². The predicted molar refractivity (Wildman–Crippen MR) is 65.6 cm³/mol. The van der Waals surface area contributed by atoms with E-state index in [4.69, 9.17) is 22.1 Å². The summed E-state index contributed by atoms with van der Waals surface area (Å²) in [6.07, 6.45) is 0.882. The average Bonchev–Trinajstić information content (AvgIpc) is 2.24. The molecule has 16 heavy (non-hydrogen) atoms. The zero-order valence-corrected chi connectivity index (χ0v) is 9.88. The molecular formula is C11H15ClN2O2. The maximum atomic E-state index is 11.4.